The second-order valence-corrected chi connectivity index (χ2v) is 7.01. The van der Waals surface area contributed by atoms with Gasteiger partial charge in [-0.1, -0.05) is 24.3 Å². The highest BCUT2D eigenvalue weighted by atomic mass is 15.3. The molecule has 1 N–H and O–H groups in total. The largest absolute Gasteiger partial charge is 0.280 e. The van der Waals surface area contributed by atoms with Gasteiger partial charge in [-0.3, -0.25) is 19.7 Å². The van der Waals surface area contributed by atoms with Crippen LogP contribution in [0.4, 0.5) is 0 Å². The van der Waals surface area contributed by atoms with Gasteiger partial charge in [-0.25, -0.2) is 4.98 Å². The quantitative estimate of drug-likeness (QED) is 0.510. The number of pyridine rings is 1. The molecule has 0 unspecified atom stereocenters. The van der Waals surface area contributed by atoms with Gasteiger partial charge in [0.1, 0.15) is 0 Å². The highest BCUT2D eigenvalue weighted by molar-refractivity contribution is 5.95. The lowest BCUT2D eigenvalue weighted by atomic mass is 10.00. The lowest BCUT2D eigenvalue weighted by Gasteiger charge is -2.11. The topological polar surface area (TPSA) is 85.2 Å². The maximum absolute atomic E-state index is 4.84. The number of fused-ring (bicyclic) bond motifs is 1. The first kappa shape index (κ1) is 17.2. The van der Waals surface area contributed by atoms with E-state index in [1.807, 2.05) is 42.9 Å². The Morgan fingerprint density at radius 2 is 1.86 bits per heavy atom. The molecule has 29 heavy (non-hydrogen) atoms. The van der Waals surface area contributed by atoms with Crippen LogP contribution in [0, 0.1) is 13.8 Å². The van der Waals surface area contributed by atoms with E-state index in [4.69, 9.17) is 4.98 Å². The maximum Gasteiger partial charge on any atom is 0.182 e. The Balaban J connectivity index is 1.70. The van der Waals surface area contributed by atoms with Crippen molar-refractivity contribution in [1.82, 2.24) is 34.9 Å². The van der Waals surface area contributed by atoms with E-state index < -0.39 is 0 Å². The molecule has 5 aromatic rings. The predicted octanol–water partition coefficient (Wildman–Crippen LogP) is 3.94. The average molecular weight is 381 g/mol. The van der Waals surface area contributed by atoms with Crippen molar-refractivity contribution in [2.75, 3.05) is 0 Å². The van der Waals surface area contributed by atoms with Crippen molar-refractivity contribution in [2.45, 2.75) is 20.4 Å². The van der Waals surface area contributed by atoms with E-state index in [1.54, 1.807) is 18.6 Å². The van der Waals surface area contributed by atoms with Gasteiger partial charge in [0, 0.05) is 35.4 Å². The number of H-pyrrole nitrogens is 1. The Hall–Kier alpha value is -3.87. The smallest absolute Gasteiger partial charge is 0.182 e. The summed E-state index contributed by atoms with van der Waals surface area (Å²) in [7, 11) is 0. The molecule has 0 aliphatic carbocycles. The third-order valence-electron chi connectivity index (χ3n) is 4.95. The number of aromatic nitrogens is 7. The van der Waals surface area contributed by atoms with Crippen LogP contribution in [-0.4, -0.2) is 34.9 Å². The van der Waals surface area contributed by atoms with Crippen LogP contribution in [0.3, 0.4) is 0 Å². The van der Waals surface area contributed by atoms with E-state index in [1.165, 1.54) is 0 Å². The van der Waals surface area contributed by atoms with Crippen LogP contribution in [-0.2, 0) is 6.54 Å². The maximum atomic E-state index is 4.84. The summed E-state index contributed by atoms with van der Waals surface area (Å²) in [6.07, 6.45) is 7.32. The van der Waals surface area contributed by atoms with Gasteiger partial charge >= 0.3 is 0 Å². The molecule has 0 aliphatic heterocycles. The SMILES string of the molecule is Cc1cnc(-c2cc(-c3ccccc3Cn3cccn3)nc3n[nH]c(C)c23)cn1. The number of aryl methyl sites for hydroxylation is 2. The van der Waals surface area contributed by atoms with Crippen molar-refractivity contribution < 1.29 is 0 Å². The van der Waals surface area contributed by atoms with Gasteiger partial charge in [0.15, 0.2) is 5.65 Å². The molecule has 7 heteroatoms. The van der Waals surface area contributed by atoms with Gasteiger partial charge in [0.2, 0.25) is 0 Å². The van der Waals surface area contributed by atoms with Crippen LogP contribution in [0.5, 0.6) is 0 Å². The minimum atomic E-state index is 0.669. The van der Waals surface area contributed by atoms with E-state index in [9.17, 15) is 0 Å². The Bertz CT molecular complexity index is 1290. The summed E-state index contributed by atoms with van der Waals surface area (Å²) in [4.78, 5) is 13.9. The van der Waals surface area contributed by atoms with Gasteiger partial charge in [0.25, 0.3) is 0 Å². The number of aromatic amines is 1. The minimum Gasteiger partial charge on any atom is -0.280 e. The van der Waals surface area contributed by atoms with Crippen molar-refractivity contribution in [2.24, 2.45) is 0 Å². The molecule has 0 bridgehead atoms. The molecule has 4 heterocycles. The summed E-state index contributed by atoms with van der Waals surface area (Å²) in [6, 6.07) is 12.2. The van der Waals surface area contributed by atoms with E-state index in [2.05, 4.69) is 43.5 Å². The lowest BCUT2D eigenvalue weighted by molar-refractivity contribution is 0.687. The number of benzene rings is 1. The number of rotatable bonds is 4. The molecular weight excluding hydrogens is 362 g/mol. The van der Waals surface area contributed by atoms with Crippen molar-refractivity contribution in [3.63, 3.8) is 0 Å². The predicted molar refractivity (Wildman–Crippen MR) is 111 cm³/mol. The second kappa shape index (κ2) is 6.94. The fraction of sp³-hybridized carbons (Fsp3) is 0.136. The number of nitrogens with zero attached hydrogens (tertiary/aromatic N) is 6. The molecule has 0 saturated carbocycles. The molecule has 1 aromatic carbocycles. The fourth-order valence-corrected chi connectivity index (χ4v) is 3.52. The first-order valence-corrected chi connectivity index (χ1v) is 9.39. The molecule has 0 fully saturated rings. The molecule has 0 radical (unpaired) electrons. The normalized spacial score (nSPS) is 11.2. The second-order valence-electron chi connectivity index (χ2n) is 7.01. The number of nitrogens with one attached hydrogen (secondary N) is 1. The van der Waals surface area contributed by atoms with Crippen molar-refractivity contribution in [3.05, 3.63) is 78.1 Å². The molecule has 0 aliphatic rings. The molecule has 142 valence electrons. The van der Waals surface area contributed by atoms with Gasteiger partial charge in [-0.15, -0.1) is 0 Å². The monoisotopic (exact) mass is 381 g/mol. The zero-order valence-electron chi connectivity index (χ0n) is 16.2. The first-order valence-electron chi connectivity index (χ1n) is 9.39. The van der Waals surface area contributed by atoms with Crippen molar-refractivity contribution >= 4 is 11.0 Å². The minimum absolute atomic E-state index is 0.669. The van der Waals surface area contributed by atoms with Crippen LogP contribution in [0.15, 0.2) is 61.2 Å². The van der Waals surface area contributed by atoms with Gasteiger partial charge < -0.3 is 0 Å². The van der Waals surface area contributed by atoms with Crippen LogP contribution in [0.25, 0.3) is 33.5 Å². The standard InChI is InChI=1S/C22H19N7/c1-14-11-24-20(12-23-14)18-10-19(26-22-21(18)15(2)27-28-22)17-7-4-3-6-16(17)13-29-9-5-8-25-29/h3-12H,13H2,1-2H3,(H,26,27,28). The van der Waals surface area contributed by atoms with E-state index in [0.29, 0.717) is 12.2 Å². The van der Waals surface area contributed by atoms with Crippen LogP contribution >= 0.6 is 0 Å². The lowest BCUT2D eigenvalue weighted by Crippen LogP contribution is -2.02. The Kier molecular flexibility index (Phi) is 4.13. The van der Waals surface area contributed by atoms with Crippen LogP contribution in [0.2, 0.25) is 0 Å². The molecule has 0 atom stereocenters. The molecule has 0 spiro atoms. The molecular formula is C22H19N7. The summed E-state index contributed by atoms with van der Waals surface area (Å²) < 4.78 is 1.91. The summed E-state index contributed by atoms with van der Waals surface area (Å²) in [5, 5.41) is 12.8. The zero-order chi connectivity index (χ0) is 19.8. The van der Waals surface area contributed by atoms with Gasteiger partial charge in [-0.05, 0) is 31.5 Å². The third-order valence-corrected chi connectivity index (χ3v) is 4.95. The Labute approximate surface area is 167 Å². The molecule has 0 saturated heterocycles. The summed E-state index contributed by atoms with van der Waals surface area (Å²) in [5.41, 5.74) is 7.32. The van der Waals surface area contributed by atoms with E-state index in [0.717, 1.165) is 44.9 Å². The number of hydrogen-bond donors (Lipinski definition) is 1. The average Bonchev–Trinajstić information content (AvgIpc) is 3.38. The van der Waals surface area contributed by atoms with Gasteiger partial charge in [-0.2, -0.15) is 10.2 Å². The summed E-state index contributed by atoms with van der Waals surface area (Å²) >= 11 is 0. The first-order chi connectivity index (χ1) is 14.2. The summed E-state index contributed by atoms with van der Waals surface area (Å²) in [6.45, 7) is 4.59. The van der Waals surface area contributed by atoms with Crippen molar-refractivity contribution in [1.29, 1.82) is 0 Å². The van der Waals surface area contributed by atoms with Gasteiger partial charge in [0.05, 0.1) is 35.2 Å². The molecule has 0 amide bonds. The zero-order valence-corrected chi connectivity index (χ0v) is 16.2. The Morgan fingerprint density at radius 3 is 2.66 bits per heavy atom. The van der Waals surface area contributed by atoms with Crippen molar-refractivity contribution in [3.8, 4) is 22.5 Å². The highest BCUT2D eigenvalue weighted by Crippen LogP contribution is 2.33. The van der Waals surface area contributed by atoms with Crippen LogP contribution < -0.4 is 0 Å². The molecule has 5 rings (SSSR count). The number of hydrogen-bond acceptors (Lipinski definition) is 5. The van der Waals surface area contributed by atoms with E-state index >= 15 is 0 Å². The highest BCUT2D eigenvalue weighted by Gasteiger charge is 2.16. The third kappa shape index (κ3) is 3.16. The molecule has 4 aromatic heterocycles. The fourth-order valence-electron chi connectivity index (χ4n) is 3.52. The van der Waals surface area contributed by atoms with Crippen LogP contribution in [0.1, 0.15) is 17.0 Å². The van der Waals surface area contributed by atoms with E-state index in [-0.39, 0.29) is 0 Å². The Morgan fingerprint density at radius 1 is 0.966 bits per heavy atom. The molecule has 7 nitrogen and oxygen atoms in total. The summed E-state index contributed by atoms with van der Waals surface area (Å²) in [5.74, 6) is 0.